The Bertz CT molecular complexity index is 1970. The molecule has 8 heteroatoms. The molecule has 4 aromatic heterocycles. The summed E-state index contributed by atoms with van der Waals surface area (Å²) in [7, 11) is 0. The van der Waals surface area contributed by atoms with Crippen LogP contribution < -0.4 is 10.1 Å². The zero-order valence-electron chi connectivity index (χ0n) is 18.8. The summed E-state index contributed by atoms with van der Waals surface area (Å²) < 4.78 is 3.81. The summed E-state index contributed by atoms with van der Waals surface area (Å²) in [5.41, 5.74) is 3.42. The predicted molar refractivity (Wildman–Crippen MR) is 146 cm³/mol. The summed E-state index contributed by atoms with van der Waals surface area (Å²) in [6.07, 6.45) is 3.86. The molecule has 0 N–H and O–H groups in total. The van der Waals surface area contributed by atoms with Gasteiger partial charge in [0.15, 0.2) is 5.82 Å². The summed E-state index contributed by atoms with van der Waals surface area (Å²) in [5, 5.41) is 13.7. The molecule has 7 aromatic rings. The van der Waals surface area contributed by atoms with Crippen LogP contribution in [-0.2, 0) is 0 Å². The van der Waals surface area contributed by atoms with Gasteiger partial charge in [0, 0.05) is 17.3 Å². The number of thiophene rings is 1. The molecule has 0 unspecified atom stereocenters. The second-order valence-electron chi connectivity index (χ2n) is 8.30. The first kappa shape index (κ1) is 20.9. The van der Waals surface area contributed by atoms with E-state index in [9.17, 15) is 4.79 Å². The molecular formula is C28H17N5OS2. The van der Waals surface area contributed by atoms with Gasteiger partial charge >= 0.3 is 0 Å². The minimum Gasteiger partial charge on any atom is -0.266 e. The molecule has 0 saturated carbocycles. The molecule has 4 heterocycles. The van der Waals surface area contributed by atoms with Gasteiger partial charge in [-0.2, -0.15) is 14.6 Å². The maximum absolute atomic E-state index is 13.2. The standard InChI is InChI=1S/C28H17N5OS2/c34-27-24(36-28-29-26(31-33(27)28)23-11-6-14-35-23)16-21-17-32(22-9-2-1-3-10-22)30-25(21)20-13-12-18-7-4-5-8-19(18)15-20/h1-17H/b24-16-. The maximum atomic E-state index is 13.2. The fraction of sp³-hybridized carbons (Fsp3) is 0. The van der Waals surface area contributed by atoms with Gasteiger partial charge in [-0.1, -0.05) is 72.0 Å². The highest BCUT2D eigenvalue weighted by Crippen LogP contribution is 2.28. The number of hydrogen-bond acceptors (Lipinski definition) is 6. The van der Waals surface area contributed by atoms with Crippen LogP contribution in [0.5, 0.6) is 0 Å². The number of para-hydroxylation sites is 1. The average Bonchev–Trinajstić information content (AvgIpc) is 3.71. The van der Waals surface area contributed by atoms with Crippen molar-refractivity contribution in [3.63, 3.8) is 0 Å². The van der Waals surface area contributed by atoms with Crippen molar-refractivity contribution in [1.82, 2.24) is 24.4 Å². The van der Waals surface area contributed by atoms with Crippen molar-refractivity contribution in [1.29, 1.82) is 0 Å². The maximum Gasteiger partial charge on any atom is 0.291 e. The third-order valence-corrected chi connectivity index (χ3v) is 7.82. The summed E-state index contributed by atoms with van der Waals surface area (Å²) in [6.45, 7) is 0. The highest BCUT2D eigenvalue weighted by molar-refractivity contribution is 7.15. The molecule has 7 rings (SSSR count). The molecular weight excluding hydrogens is 486 g/mol. The quantitative estimate of drug-likeness (QED) is 0.321. The van der Waals surface area contributed by atoms with E-state index in [0.29, 0.717) is 15.3 Å². The lowest BCUT2D eigenvalue weighted by atomic mass is 10.0. The number of benzene rings is 3. The molecule has 0 saturated heterocycles. The van der Waals surface area contributed by atoms with Crippen LogP contribution >= 0.6 is 22.7 Å². The normalized spacial score (nSPS) is 12.2. The Labute approximate surface area is 213 Å². The van der Waals surface area contributed by atoms with E-state index in [0.717, 1.165) is 32.8 Å². The Hall–Kier alpha value is -4.40. The molecule has 0 radical (unpaired) electrons. The first-order valence-corrected chi connectivity index (χ1v) is 13.0. The van der Waals surface area contributed by atoms with Gasteiger partial charge in [0.25, 0.3) is 5.56 Å². The van der Waals surface area contributed by atoms with E-state index in [4.69, 9.17) is 5.10 Å². The Morgan fingerprint density at radius 2 is 1.67 bits per heavy atom. The molecule has 172 valence electrons. The van der Waals surface area contributed by atoms with Crippen molar-refractivity contribution in [2.45, 2.75) is 0 Å². The van der Waals surface area contributed by atoms with Crippen LogP contribution in [0.1, 0.15) is 5.56 Å². The number of fused-ring (bicyclic) bond motifs is 2. The lowest BCUT2D eigenvalue weighted by molar-refractivity contribution is 0.884. The van der Waals surface area contributed by atoms with Crippen LogP contribution in [0.4, 0.5) is 0 Å². The number of aromatic nitrogens is 5. The fourth-order valence-corrected chi connectivity index (χ4v) is 5.80. The van der Waals surface area contributed by atoms with Gasteiger partial charge in [0.1, 0.15) is 5.69 Å². The van der Waals surface area contributed by atoms with Gasteiger partial charge < -0.3 is 0 Å². The van der Waals surface area contributed by atoms with Crippen LogP contribution in [0, 0.1) is 0 Å². The van der Waals surface area contributed by atoms with Gasteiger partial charge in [-0.3, -0.25) is 4.79 Å². The van der Waals surface area contributed by atoms with Crippen LogP contribution in [0.25, 0.3) is 49.5 Å². The smallest absolute Gasteiger partial charge is 0.266 e. The topological polar surface area (TPSA) is 65.1 Å². The van der Waals surface area contributed by atoms with Crippen molar-refractivity contribution in [3.8, 4) is 27.6 Å². The number of nitrogens with zero attached hydrogens (tertiary/aromatic N) is 5. The molecule has 0 spiro atoms. The van der Waals surface area contributed by atoms with Crippen LogP contribution in [0.15, 0.2) is 101 Å². The van der Waals surface area contributed by atoms with Crippen LogP contribution in [-0.4, -0.2) is 24.4 Å². The Balaban J connectivity index is 1.40. The second kappa shape index (κ2) is 8.37. The Morgan fingerprint density at radius 1 is 0.833 bits per heavy atom. The van der Waals surface area contributed by atoms with Crippen LogP contribution in [0.2, 0.25) is 0 Å². The zero-order chi connectivity index (χ0) is 24.1. The summed E-state index contributed by atoms with van der Waals surface area (Å²) in [5.74, 6) is 0.577. The van der Waals surface area contributed by atoms with Crippen LogP contribution in [0.3, 0.4) is 0 Å². The number of thiazole rings is 1. The van der Waals surface area contributed by atoms with E-state index >= 15 is 0 Å². The largest absolute Gasteiger partial charge is 0.291 e. The fourth-order valence-electron chi connectivity index (χ4n) is 4.25. The van der Waals surface area contributed by atoms with Crippen molar-refractivity contribution in [3.05, 3.63) is 117 Å². The number of rotatable bonds is 4. The van der Waals surface area contributed by atoms with Crippen molar-refractivity contribution >= 4 is 44.5 Å². The van der Waals surface area contributed by atoms with Gasteiger partial charge in [0.05, 0.1) is 15.1 Å². The van der Waals surface area contributed by atoms with Gasteiger partial charge in [0.2, 0.25) is 4.96 Å². The minimum absolute atomic E-state index is 0.178. The first-order valence-electron chi connectivity index (χ1n) is 11.3. The van der Waals surface area contributed by atoms with E-state index in [1.54, 1.807) is 11.3 Å². The SMILES string of the molecule is O=c1/c(=C/c2cn(-c3ccccc3)nc2-c2ccc3ccccc3c2)sc2nc(-c3cccs3)nn12. The molecule has 0 aliphatic carbocycles. The van der Waals surface area contributed by atoms with Crippen molar-refractivity contribution in [2.75, 3.05) is 0 Å². The van der Waals surface area contributed by atoms with E-state index in [1.165, 1.54) is 21.2 Å². The second-order valence-corrected chi connectivity index (χ2v) is 10.3. The highest BCUT2D eigenvalue weighted by atomic mass is 32.1. The first-order chi connectivity index (χ1) is 17.7. The van der Waals surface area contributed by atoms with Gasteiger partial charge in [-0.25, -0.2) is 4.68 Å². The number of hydrogen-bond donors (Lipinski definition) is 0. The van der Waals surface area contributed by atoms with Crippen molar-refractivity contribution in [2.24, 2.45) is 0 Å². The summed E-state index contributed by atoms with van der Waals surface area (Å²) >= 11 is 2.89. The summed E-state index contributed by atoms with van der Waals surface area (Å²) in [6, 6.07) is 28.4. The lowest BCUT2D eigenvalue weighted by Gasteiger charge is -2.03. The van der Waals surface area contributed by atoms with E-state index < -0.39 is 0 Å². The monoisotopic (exact) mass is 503 g/mol. The van der Waals surface area contributed by atoms with Gasteiger partial charge in [-0.15, -0.1) is 16.4 Å². The Kier molecular flexibility index (Phi) is 4.87. The predicted octanol–water partition coefficient (Wildman–Crippen LogP) is 5.43. The molecule has 0 amide bonds. The summed E-state index contributed by atoms with van der Waals surface area (Å²) in [4.78, 5) is 19.3. The van der Waals surface area contributed by atoms with E-state index in [-0.39, 0.29) is 5.56 Å². The van der Waals surface area contributed by atoms with E-state index in [2.05, 4.69) is 40.4 Å². The molecule has 36 heavy (non-hydrogen) atoms. The average molecular weight is 504 g/mol. The highest BCUT2D eigenvalue weighted by Gasteiger charge is 2.15. The molecule has 0 fully saturated rings. The zero-order valence-corrected chi connectivity index (χ0v) is 20.4. The van der Waals surface area contributed by atoms with Crippen molar-refractivity contribution < 1.29 is 0 Å². The molecule has 0 atom stereocenters. The Morgan fingerprint density at radius 3 is 2.47 bits per heavy atom. The third-order valence-electron chi connectivity index (χ3n) is 6.00. The molecule has 6 nitrogen and oxygen atoms in total. The van der Waals surface area contributed by atoms with Gasteiger partial charge in [-0.05, 0) is 46.5 Å². The third kappa shape index (κ3) is 3.55. The molecule has 0 aliphatic rings. The van der Waals surface area contributed by atoms with E-state index in [1.807, 2.05) is 76.9 Å². The molecule has 0 aliphatic heterocycles. The lowest BCUT2D eigenvalue weighted by Crippen LogP contribution is -2.23. The molecule has 3 aromatic carbocycles. The minimum atomic E-state index is -0.178. The molecule has 0 bridgehead atoms.